The molecule has 4 rings (SSSR count). The third-order valence-electron chi connectivity index (χ3n) is 6.63. The number of halogens is 1. The minimum Gasteiger partial charge on any atom is -0.352 e. The summed E-state index contributed by atoms with van der Waals surface area (Å²) in [6.45, 7) is 6.61. The quantitative estimate of drug-likeness (QED) is 0.647. The zero-order chi connectivity index (χ0) is 24.1. The van der Waals surface area contributed by atoms with E-state index in [1.165, 1.54) is 16.4 Å². The molecule has 34 heavy (non-hydrogen) atoms. The third-order valence-corrected chi connectivity index (χ3v) is 8.54. The maximum absolute atomic E-state index is 13.1. The summed E-state index contributed by atoms with van der Waals surface area (Å²) in [6, 6.07) is 13.7. The first-order valence-electron chi connectivity index (χ1n) is 11.8. The Morgan fingerprint density at radius 2 is 1.53 bits per heavy atom. The highest BCUT2D eigenvalue weighted by atomic mass is 32.2. The molecule has 0 aliphatic carbocycles. The van der Waals surface area contributed by atoms with Gasteiger partial charge in [-0.05, 0) is 49.6 Å². The number of hydrogen-bond donors (Lipinski definition) is 1. The Morgan fingerprint density at radius 1 is 0.912 bits per heavy atom. The summed E-state index contributed by atoms with van der Waals surface area (Å²) in [5.41, 5.74) is 2.11. The number of sulfonamides is 1. The first kappa shape index (κ1) is 24.8. The summed E-state index contributed by atoms with van der Waals surface area (Å²) in [6.07, 6.45) is 1.77. The molecule has 0 unspecified atom stereocenters. The molecule has 2 saturated heterocycles. The molecule has 0 radical (unpaired) electrons. The summed E-state index contributed by atoms with van der Waals surface area (Å²) in [4.78, 5) is 17.2. The van der Waals surface area contributed by atoms with Gasteiger partial charge in [-0.2, -0.15) is 4.31 Å². The van der Waals surface area contributed by atoms with E-state index in [-0.39, 0.29) is 24.3 Å². The molecule has 2 aliphatic heterocycles. The first-order chi connectivity index (χ1) is 16.3. The van der Waals surface area contributed by atoms with Gasteiger partial charge in [-0.1, -0.05) is 29.8 Å². The summed E-state index contributed by atoms with van der Waals surface area (Å²) < 4.78 is 40.3. The fraction of sp³-hybridized carbons (Fsp3) is 0.480. The van der Waals surface area contributed by atoms with Crippen molar-refractivity contribution in [2.45, 2.75) is 37.2 Å². The predicted molar refractivity (Wildman–Crippen MR) is 129 cm³/mol. The van der Waals surface area contributed by atoms with Crippen molar-refractivity contribution >= 4 is 15.9 Å². The Kier molecular flexibility index (Phi) is 7.98. The number of hydrogen-bond acceptors (Lipinski definition) is 5. The van der Waals surface area contributed by atoms with Crippen LogP contribution >= 0.6 is 0 Å². The van der Waals surface area contributed by atoms with Crippen LogP contribution in [0.2, 0.25) is 0 Å². The molecule has 2 aromatic carbocycles. The number of nitrogens with zero attached hydrogens (tertiary/aromatic N) is 3. The number of piperidine rings is 1. The third kappa shape index (κ3) is 6.41. The van der Waals surface area contributed by atoms with Crippen LogP contribution in [-0.2, 0) is 21.4 Å². The number of amides is 1. The van der Waals surface area contributed by atoms with Crippen LogP contribution in [-0.4, -0.2) is 80.3 Å². The van der Waals surface area contributed by atoms with E-state index in [2.05, 4.69) is 10.2 Å². The lowest BCUT2D eigenvalue weighted by atomic mass is 10.0. The van der Waals surface area contributed by atoms with Gasteiger partial charge in [0.15, 0.2) is 0 Å². The van der Waals surface area contributed by atoms with Crippen LogP contribution in [0.15, 0.2) is 53.4 Å². The van der Waals surface area contributed by atoms with Crippen molar-refractivity contribution in [3.8, 4) is 0 Å². The minimum absolute atomic E-state index is 0.00757. The number of benzene rings is 2. The average molecular weight is 489 g/mol. The molecule has 1 N–H and O–H groups in total. The van der Waals surface area contributed by atoms with Crippen LogP contribution in [0.4, 0.5) is 4.39 Å². The second-order valence-corrected chi connectivity index (χ2v) is 11.2. The van der Waals surface area contributed by atoms with Crippen LogP contribution in [0.25, 0.3) is 0 Å². The lowest BCUT2D eigenvalue weighted by Crippen LogP contribution is -2.52. The standard InChI is InChI=1S/C25H33FN4O3S/c1-20-2-8-24(9-3-20)34(32,33)30-16-14-29(15-17-30)19-25(31)27-23-10-12-28(13-11-23)18-21-4-6-22(26)7-5-21/h2-9,23H,10-19H2,1H3,(H,27,31). The molecule has 2 aromatic rings. The Balaban J connectivity index is 1.18. The summed E-state index contributed by atoms with van der Waals surface area (Å²) in [7, 11) is -3.50. The van der Waals surface area contributed by atoms with Gasteiger partial charge in [-0.25, -0.2) is 12.8 Å². The zero-order valence-electron chi connectivity index (χ0n) is 19.6. The van der Waals surface area contributed by atoms with Gasteiger partial charge in [0.25, 0.3) is 0 Å². The lowest BCUT2D eigenvalue weighted by molar-refractivity contribution is -0.123. The highest BCUT2D eigenvalue weighted by Crippen LogP contribution is 2.18. The summed E-state index contributed by atoms with van der Waals surface area (Å²) >= 11 is 0. The SMILES string of the molecule is Cc1ccc(S(=O)(=O)N2CCN(CC(=O)NC3CCN(Cc4ccc(F)cc4)CC3)CC2)cc1. The van der Waals surface area contributed by atoms with Gasteiger partial charge in [0.05, 0.1) is 11.4 Å². The van der Waals surface area contributed by atoms with Crippen molar-refractivity contribution in [2.75, 3.05) is 45.8 Å². The van der Waals surface area contributed by atoms with Gasteiger partial charge in [0.1, 0.15) is 5.82 Å². The maximum atomic E-state index is 13.1. The molecule has 0 spiro atoms. The number of carbonyl (C=O) groups is 1. The number of rotatable bonds is 7. The minimum atomic E-state index is -3.50. The summed E-state index contributed by atoms with van der Waals surface area (Å²) in [5.74, 6) is -0.230. The van der Waals surface area contributed by atoms with Crippen molar-refractivity contribution < 1.29 is 17.6 Å². The second kappa shape index (κ2) is 10.9. The highest BCUT2D eigenvalue weighted by molar-refractivity contribution is 7.89. The number of nitrogens with one attached hydrogen (secondary N) is 1. The van der Waals surface area contributed by atoms with E-state index in [1.807, 2.05) is 24.0 Å². The van der Waals surface area contributed by atoms with Crippen LogP contribution in [0.1, 0.15) is 24.0 Å². The molecular formula is C25H33FN4O3S. The predicted octanol–water partition coefficient (Wildman–Crippen LogP) is 2.22. The Morgan fingerprint density at radius 3 is 2.15 bits per heavy atom. The molecule has 9 heteroatoms. The Bertz CT molecular complexity index is 1060. The lowest BCUT2D eigenvalue weighted by Gasteiger charge is -2.35. The maximum Gasteiger partial charge on any atom is 0.243 e. The van der Waals surface area contributed by atoms with Crippen LogP contribution < -0.4 is 5.32 Å². The average Bonchev–Trinajstić information content (AvgIpc) is 2.82. The molecule has 0 aromatic heterocycles. The van der Waals surface area contributed by atoms with Crippen molar-refractivity contribution in [2.24, 2.45) is 0 Å². The number of aryl methyl sites for hydroxylation is 1. The molecule has 2 fully saturated rings. The topological polar surface area (TPSA) is 73.0 Å². The highest BCUT2D eigenvalue weighted by Gasteiger charge is 2.29. The van der Waals surface area contributed by atoms with Gasteiger partial charge in [-0.3, -0.25) is 14.6 Å². The molecule has 0 atom stereocenters. The van der Waals surface area contributed by atoms with E-state index in [0.29, 0.717) is 31.1 Å². The van der Waals surface area contributed by atoms with Crippen molar-refractivity contribution in [3.63, 3.8) is 0 Å². The summed E-state index contributed by atoms with van der Waals surface area (Å²) in [5, 5.41) is 3.14. The van der Waals surface area contributed by atoms with Crippen molar-refractivity contribution in [3.05, 3.63) is 65.5 Å². The Hall–Kier alpha value is -2.33. The van der Waals surface area contributed by atoms with E-state index in [0.717, 1.165) is 43.6 Å². The first-order valence-corrected chi connectivity index (χ1v) is 13.3. The molecule has 0 bridgehead atoms. The fourth-order valence-corrected chi connectivity index (χ4v) is 5.97. The zero-order valence-corrected chi connectivity index (χ0v) is 20.4. The largest absolute Gasteiger partial charge is 0.352 e. The molecule has 7 nitrogen and oxygen atoms in total. The molecule has 2 heterocycles. The second-order valence-electron chi connectivity index (χ2n) is 9.24. The van der Waals surface area contributed by atoms with Crippen molar-refractivity contribution in [1.82, 2.24) is 19.4 Å². The fourth-order valence-electron chi connectivity index (χ4n) is 4.55. The van der Waals surface area contributed by atoms with E-state index >= 15 is 0 Å². The number of likely N-dealkylation sites (tertiary alicyclic amines) is 1. The van der Waals surface area contributed by atoms with Crippen LogP contribution in [0.5, 0.6) is 0 Å². The van der Waals surface area contributed by atoms with Gasteiger partial charge < -0.3 is 5.32 Å². The van der Waals surface area contributed by atoms with Gasteiger partial charge in [0, 0.05) is 51.9 Å². The van der Waals surface area contributed by atoms with Gasteiger partial charge >= 0.3 is 0 Å². The monoisotopic (exact) mass is 488 g/mol. The number of carbonyl (C=O) groups excluding carboxylic acids is 1. The van der Waals surface area contributed by atoms with E-state index < -0.39 is 10.0 Å². The molecule has 184 valence electrons. The molecular weight excluding hydrogens is 455 g/mol. The molecule has 2 aliphatic rings. The Labute approximate surface area is 201 Å². The smallest absolute Gasteiger partial charge is 0.243 e. The van der Waals surface area contributed by atoms with E-state index in [9.17, 15) is 17.6 Å². The molecule has 0 saturated carbocycles. The van der Waals surface area contributed by atoms with E-state index in [1.54, 1.807) is 24.3 Å². The molecule has 1 amide bonds. The number of piperazine rings is 1. The van der Waals surface area contributed by atoms with Crippen LogP contribution in [0, 0.1) is 12.7 Å². The van der Waals surface area contributed by atoms with Crippen molar-refractivity contribution in [1.29, 1.82) is 0 Å². The van der Waals surface area contributed by atoms with Gasteiger partial charge in [0.2, 0.25) is 15.9 Å². The van der Waals surface area contributed by atoms with Gasteiger partial charge in [-0.15, -0.1) is 0 Å². The normalized spacial score (nSPS) is 19.2. The van der Waals surface area contributed by atoms with Crippen LogP contribution in [0.3, 0.4) is 0 Å². The van der Waals surface area contributed by atoms with E-state index in [4.69, 9.17) is 0 Å².